The van der Waals surface area contributed by atoms with Crippen LogP contribution in [0.1, 0.15) is 103 Å². The van der Waals surface area contributed by atoms with E-state index in [2.05, 4.69) is 12.2 Å². The highest BCUT2D eigenvalue weighted by Gasteiger charge is 1.96. The first-order chi connectivity index (χ1) is 11.3. The number of carboxylic acids is 1. The van der Waals surface area contributed by atoms with Crippen LogP contribution in [0, 0.1) is 0 Å². The van der Waals surface area contributed by atoms with Crippen LogP contribution in [0.15, 0.2) is 12.2 Å². The summed E-state index contributed by atoms with van der Waals surface area (Å²) in [6, 6.07) is 0. The highest BCUT2D eigenvalue weighted by Crippen LogP contribution is 2.11. The third kappa shape index (κ3) is 21.1. The van der Waals surface area contributed by atoms with E-state index >= 15 is 0 Å². The van der Waals surface area contributed by atoms with Crippen LogP contribution in [0.25, 0.3) is 0 Å². The Morgan fingerprint density at radius 2 is 1.04 bits per heavy atom. The van der Waals surface area contributed by atoms with E-state index < -0.39 is 5.97 Å². The molecule has 0 atom stereocenters. The van der Waals surface area contributed by atoms with Crippen molar-refractivity contribution < 1.29 is 14.3 Å². The lowest BCUT2D eigenvalue weighted by molar-refractivity contribution is -0.137. The van der Waals surface area contributed by atoms with E-state index in [1.165, 1.54) is 57.8 Å². The van der Waals surface area contributed by atoms with Crippen molar-refractivity contribution in [2.45, 2.75) is 103 Å². The first-order valence-corrected chi connectivity index (χ1v) is 9.70. The third-order valence-corrected chi connectivity index (χ3v) is 4.18. The standard InChI is InChI=1S/C20H37FO2/c21-19-17-15-13-11-9-7-5-3-1-2-4-6-8-10-12-14-16-18-20(22)23/h2,4H,1,3,5-19H2,(H,22,23)/b4-2-. The van der Waals surface area contributed by atoms with Crippen LogP contribution in [0.4, 0.5) is 4.39 Å². The van der Waals surface area contributed by atoms with Gasteiger partial charge in [-0.15, -0.1) is 0 Å². The van der Waals surface area contributed by atoms with Gasteiger partial charge in [0, 0.05) is 6.42 Å². The molecule has 0 aromatic carbocycles. The van der Waals surface area contributed by atoms with Crippen LogP contribution >= 0.6 is 0 Å². The van der Waals surface area contributed by atoms with E-state index in [9.17, 15) is 9.18 Å². The lowest BCUT2D eigenvalue weighted by atomic mass is 10.1. The number of carboxylic acid groups (broad SMARTS) is 1. The topological polar surface area (TPSA) is 37.3 Å². The number of unbranched alkanes of at least 4 members (excludes halogenated alkanes) is 13. The quantitative estimate of drug-likeness (QED) is 0.221. The molecule has 0 spiro atoms. The van der Waals surface area contributed by atoms with Crippen LogP contribution < -0.4 is 0 Å². The minimum absolute atomic E-state index is 0.156. The van der Waals surface area contributed by atoms with Crippen molar-refractivity contribution >= 4 is 5.97 Å². The Hall–Kier alpha value is -0.860. The van der Waals surface area contributed by atoms with Gasteiger partial charge in [-0.1, -0.05) is 69.9 Å². The molecule has 0 unspecified atom stereocenters. The molecule has 0 rings (SSSR count). The molecule has 0 heterocycles. The Balaban J connectivity index is 3.07. The SMILES string of the molecule is O=C(O)CCCCCCC/C=C\CCCCCCCCCCF. The van der Waals surface area contributed by atoms with Gasteiger partial charge in [0.1, 0.15) is 0 Å². The number of hydrogen-bond donors (Lipinski definition) is 1. The molecule has 0 aromatic heterocycles. The first kappa shape index (κ1) is 22.1. The average molecular weight is 329 g/mol. The highest BCUT2D eigenvalue weighted by atomic mass is 19.1. The van der Waals surface area contributed by atoms with Crippen molar-refractivity contribution in [2.24, 2.45) is 0 Å². The smallest absolute Gasteiger partial charge is 0.303 e. The second-order valence-electron chi connectivity index (χ2n) is 6.48. The molecule has 0 saturated carbocycles. The summed E-state index contributed by atoms with van der Waals surface area (Å²) in [6.45, 7) is -0.156. The molecule has 23 heavy (non-hydrogen) atoms. The summed E-state index contributed by atoms with van der Waals surface area (Å²) in [5.74, 6) is -0.676. The van der Waals surface area contributed by atoms with E-state index in [4.69, 9.17) is 5.11 Å². The van der Waals surface area contributed by atoms with Crippen molar-refractivity contribution in [1.82, 2.24) is 0 Å². The van der Waals surface area contributed by atoms with Gasteiger partial charge in [-0.05, 0) is 38.5 Å². The molecule has 0 aliphatic carbocycles. The second-order valence-corrected chi connectivity index (χ2v) is 6.48. The summed E-state index contributed by atoms with van der Waals surface area (Å²) in [7, 11) is 0. The number of allylic oxidation sites excluding steroid dienone is 2. The lowest BCUT2D eigenvalue weighted by Crippen LogP contribution is -1.93. The fourth-order valence-corrected chi connectivity index (χ4v) is 2.72. The predicted molar refractivity (Wildman–Crippen MR) is 96.6 cm³/mol. The molecule has 0 aliphatic heterocycles. The molecule has 0 saturated heterocycles. The molecule has 0 aliphatic rings. The fraction of sp³-hybridized carbons (Fsp3) is 0.850. The zero-order valence-electron chi connectivity index (χ0n) is 14.9. The molecular formula is C20H37FO2. The van der Waals surface area contributed by atoms with Gasteiger partial charge in [-0.25, -0.2) is 0 Å². The fourth-order valence-electron chi connectivity index (χ4n) is 2.72. The average Bonchev–Trinajstić information content (AvgIpc) is 2.53. The Morgan fingerprint density at radius 1 is 0.652 bits per heavy atom. The Morgan fingerprint density at radius 3 is 1.48 bits per heavy atom. The van der Waals surface area contributed by atoms with E-state index in [1.54, 1.807) is 0 Å². The van der Waals surface area contributed by atoms with Gasteiger partial charge in [0.15, 0.2) is 0 Å². The van der Waals surface area contributed by atoms with Gasteiger partial charge < -0.3 is 5.11 Å². The molecule has 3 heteroatoms. The molecule has 0 radical (unpaired) electrons. The maximum atomic E-state index is 11.9. The lowest BCUT2D eigenvalue weighted by Gasteiger charge is -2.00. The van der Waals surface area contributed by atoms with Crippen molar-refractivity contribution in [1.29, 1.82) is 0 Å². The molecule has 0 amide bonds. The van der Waals surface area contributed by atoms with Crippen molar-refractivity contribution in [2.75, 3.05) is 6.67 Å². The van der Waals surface area contributed by atoms with Crippen LogP contribution in [-0.4, -0.2) is 17.8 Å². The Bertz CT molecular complexity index is 277. The van der Waals surface area contributed by atoms with Gasteiger partial charge in [0.2, 0.25) is 0 Å². The monoisotopic (exact) mass is 328 g/mol. The van der Waals surface area contributed by atoms with Crippen LogP contribution in [-0.2, 0) is 4.79 Å². The maximum absolute atomic E-state index is 11.9. The molecular weight excluding hydrogens is 291 g/mol. The molecule has 2 nitrogen and oxygen atoms in total. The molecule has 0 fully saturated rings. The summed E-state index contributed by atoms with van der Waals surface area (Å²) in [6.07, 6.45) is 22.2. The number of hydrogen-bond acceptors (Lipinski definition) is 1. The number of alkyl halides is 1. The summed E-state index contributed by atoms with van der Waals surface area (Å²) in [5.41, 5.74) is 0. The second kappa shape index (κ2) is 19.2. The molecule has 136 valence electrons. The normalized spacial score (nSPS) is 11.3. The molecule has 1 N–H and O–H groups in total. The van der Waals surface area contributed by atoms with Crippen LogP contribution in [0.3, 0.4) is 0 Å². The van der Waals surface area contributed by atoms with Crippen molar-refractivity contribution in [3.63, 3.8) is 0 Å². The van der Waals surface area contributed by atoms with Crippen LogP contribution in [0.2, 0.25) is 0 Å². The Kier molecular flexibility index (Phi) is 18.5. The van der Waals surface area contributed by atoms with E-state index in [-0.39, 0.29) is 6.67 Å². The van der Waals surface area contributed by atoms with Gasteiger partial charge in [-0.3, -0.25) is 9.18 Å². The zero-order valence-corrected chi connectivity index (χ0v) is 14.9. The summed E-state index contributed by atoms with van der Waals surface area (Å²) in [4.78, 5) is 10.3. The highest BCUT2D eigenvalue weighted by molar-refractivity contribution is 5.66. The zero-order chi connectivity index (χ0) is 17.0. The van der Waals surface area contributed by atoms with Crippen LogP contribution in [0.5, 0.6) is 0 Å². The number of aliphatic carboxylic acids is 1. The van der Waals surface area contributed by atoms with Gasteiger partial charge in [0.05, 0.1) is 6.67 Å². The van der Waals surface area contributed by atoms with Gasteiger partial charge >= 0.3 is 5.97 Å². The van der Waals surface area contributed by atoms with E-state index in [1.807, 2.05) is 0 Å². The van der Waals surface area contributed by atoms with Crippen molar-refractivity contribution in [3.05, 3.63) is 12.2 Å². The minimum atomic E-state index is -0.676. The van der Waals surface area contributed by atoms with Gasteiger partial charge in [0.25, 0.3) is 0 Å². The summed E-state index contributed by atoms with van der Waals surface area (Å²) < 4.78 is 11.9. The number of rotatable bonds is 18. The maximum Gasteiger partial charge on any atom is 0.303 e. The third-order valence-electron chi connectivity index (χ3n) is 4.18. The van der Waals surface area contributed by atoms with Crippen molar-refractivity contribution in [3.8, 4) is 0 Å². The minimum Gasteiger partial charge on any atom is -0.481 e. The number of carbonyl (C=O) groups is 1. The van der Waals surface area contributed by atoms with E-state index in [0.717, 1.165) is 38.5 Å². The first-order valence-electron chi connectivity index (χ1n) is 9.70. The predicted octanol–water partition coefficient (Wildman–Crippen LogP) is 6.84. The Labute approximate surface area is 142 Å². The van der Waals surface area contributed by atoms with E-state index in [0.29, 0.717) is 6.42 Å². The van der Waals surface area contributed by atoms with Gasteiger partial charge in [-0.2, -0.15) is 0 Å². The molecule has 0 bridgehead atoms. The molecule has 0 aromatic rings. The largest absolute Gasteiger partial charge is 0.481 e. The number of halogens is 1. The summed E-state index contributed by atoms with van der Waals surface area (Å²) >= 11 is 0. The summed E-state index contributed by atoms with van der Waals surface area (Å²) in [5, 5.41) is 8.53.